The summed E-state index contributed by atoms with van der Waals surface area (Å²) in [5.41, 5.74) is 8.23. The number of nitrogens with one attached hydrogen (secondary N) is 1. The lowest BCUT2D eigenvalue weighted by Gasteiger charge is -2.14. The van der Waals surface area contributed by atoms with Crippen molar-refractivity contribution in [3.05, 3.63) is 101 Å². The number of hydrogen-bond donors (Lipinski definition) is 2. The number of carbonyl (C=O) groups excluding carboxylic acids is 2. The molecule has 34 heavy (non-hydrogen) atoms. The fraction of sp³-hybridized carbons (Fsp3) is 0.0385. The first-order chi connectivity index (χ1) is 16.4. The Morgan fingerprint density at radius 2 is 1.76 bits per heavy atom. The molecular weight excluding hydrogens is 473 g/mol. The highest BCUT2D eigenvalue weighted by Gasteiger charge is 2.17. The van der Waals surface area contributed by atoms with Crippen LogP contribution < -0.4 is 11.1 Å². The Hall–Kier alpha value is -3.68. The van der Waals surface area contributed by atoms with Crippen LogP contribution in [0.3, 0.4) is 0 Å². The first-order valence-corrected chi connectivity index (χ1v) is 11.8. The van der Waals surface area contributed by atoms with Gasteiger partial charge in [-0.05, 0) is 78.0 Å². The Morgan fingerprint density at radius 3 is 2.44 bits per heavy atom. The van der Waals surface area contributed by atoms with E-state index >= 15 is 0 Å². The summed E-state index contributed by atoms with van der Waals surface area (Å²) >= 11 is 7.84. The molecule has 0 spiro atoms. The van der Waals surface area contributed by atoms with Crippen LogP contribution >= 0.6 is 23.4 Å². The molecule has 0 fully saturated rings. The van der Waals surface area contributed by atoms with Crippen molar-refractivity contribution in [1.29, 1.82) is 0 Å². The van der Waals surface area contributed by atoms with Gasteiger partial charge in [0.15, 0.2) is 0 Å². The molecule has 0 aliphatic carbocycles. The average Bonchev–Trinajstić information content (AvgIpc) is 2.85. The lowest BCUT2D eigenvalue weighted by atomic mass is 9.97. The Labute approximate surface area is 205 Å². The number of primary amides is 1. The number of pyridine rings is 1. The van der Waals surface area contributed by atoms with Gasteiger partial charge in [0.05, 0.1) is 16.3 Å². The minimum atomic E-state index is -0.855. The molecule has 4 rings (SSSR count). The molecule has 3 N–H and O–H groups in total. The summed E-state index contributed by atoms with van der Waals surface area (Å²) in [4.78, 5) is 29.9. The predicted octanol–water partition coefficient (Wildman–Crippen LogP) is 6.28. The van der Waals surface area contributed by atoms with Gasteiger partial charge in [0.1, 0.15) is 5.82 Å². The summed E-state index contributed by atoms with van der Waals surface area (Å²) in [5.74, 6) is -1.98. The third kappa shape index (κ3) is 4.95. The molecule has 0 atom stereocenters. The largest absolute Gasteiger partial charge is 0.366 e. The number of carbonyl (C=O) groups is 2. The van der Waals surface area contributed by atoms with Gasteiger partial charge >= 0.3 is 0 Å². The molecule has 8 heteroatoms. The maximum atomic E-state index is 14.5. The van der Waals surface area contributed by atoms with E-state index in [2.05, 4.69) is 10.3 Å². The summed E-state index contributed by atoms with van der Waals surface area (Å²) < 4.78 is 14.5. The van der Waals surface area contributed by atoms with Crippen molar-refractivity contribution in [1.82, 2.24) is 4.98 Å². The van der Waals surface area contributed by atoms with Crippen LogP contribution in [0, 0.1) is 5.82 Å². The van der Waals surface area contributed by atoms with Crippen LogP contribution in [0.15, 0.2) is 83.9 Å². The molecular formula is C26H19ClFN3O2S. The normalized spacial score (nSPS) is 10.7. The van der Waals surface area contributed by atoms with Gasteiger partial charge < -0.3 is 11.1 Å². The van der Waals surface area contributed by atoms with Gasteiger partial charge in [-0.1, -0.05) is 23.7 Å². The van der Waals surface area contributed by atoms with E-state index in [1.807, 2.05) is 30.5 Å². The standard InChI is InChI=1S/C26H19ClFN3O2S/c1-34-17-7-9-18(20(14-17)15-5-8-19(25(29)32)23(28)12-15)26(33)31-16-6-10-22(27)21(13-16)24-4-2-3-11-30-24/h2-14H,1H3,(H2,29,32)(H,31,33). The molecule has 170 valence electrons. The van der Waals surface area contributed by atoms with E-state index in [-0.39, 0.29) is 11.5 Å². The molecule has 4 aromatic rings. The molecule has 0 unspecified atom stereocenters. The fourth-order valence-electron chi connectivity index (χ4n) is 3.49. The maximum absolute atomic E-state index is 14.5. The number of amides is 2. The smallest absolute Gasteiger partial charge is 0.256 e. The summed E-state index contributed by atoms with van der Waals surface area (Å²) in [6, 6.07) is 20.0. The summed E-state index contributed by atoms with van der Waals surface area (Å²) in [7, 11) is 0. The lowest BCUT2D eigenvalue weighted by molar-refractivity contribution is 0.0994. The van der Waals surface area contributed by atoms with E-state index in [0.29, 0.717) is 38.7 Å². The zero-order valence-corrected chi connectivity index (χ0v) is 19.6. The number of nitrogens with zero attached hydrogens (tertiary/aromatic N) is 1. The van der Waals surface area contributed by atoms with E-state index in [1.54, 1.807) is 42.6 Å². The summed E-state index contributed by atoms with van der Waals surface area (Å²) in [6.45, 7) is 0. The maximum Gasteiger partial charge on any atom is 0.256 e. The average molecular weight is 492 g/mol. The summed E-state index contributed by atoms with van der Waals surface area (Å²) in [6.07, 6.45) is 3.57. The zero-order chi connectivity index (χ0) is 24.2. The van der Waals surface area contributed by atoms with Gasteiger partial charge in [-0.15, -0.1) is 11.8 Å². The SMILES string of the molecule is CSc1ccc(C(=O)Nc2ccc(Cl)c(-c3ccccn3)c2)c(-c2ccc(C(N)=O)c(F)c2)c1. The number of aromatic nitrogens is 1. The number of anilines is 1. The molecule has 0 bridgehead atoms. The number of halogens is 2. The molecule has 1 aromatic heterocycles. The third-order valence-electron chi connectivity index (χ3n) is 5.18. The molecule has 0 aliphatic rings. The second kappa shape index (κ2) is 10.1. The van der Waals surface area contributed by atoms with Crippen molar-refractivity contribution < 1.29 is 14.0 Å². The van der Waals surface area contributed by atoms with Crippen LogP contribution in [0.25, 0.3) is 22.4 Å². The van der Waals surface area contributed by atoms with Gasteiger partial charge in [0.2, 0.25) is 0 Å². The van der Waals surface area contributed by atoms with Crippen LogP contribution in [-0.4, -0.2) is 23.1 Å². The first-order valence-electron chi connectivity index (χ1n) is 10.2. The van der Waals surface area contributed by atoms with Gasteiger partial charge in [-0.2, -0.15) is 0 Å². The predicted molar refractivity (Wildman–Crippen MR) is 135 cm³/mol. The Kier molecular flexibility index (Phi) is 6.95. The first kappa shape index (κ1) is 23.5. The Morgan fingerprint density at radius 1 is 0.971 bits per heavy atom. The quantitative estimate of drug-likeness (QED) is 0.311. The number of nitrogens with two attached hydrogens (primary N) is 1. The molecule has 0 saturated heterocycles. The van der Waals surface area contributed by atoms with Crippen molar-refractivity contribution in [2.45, 2.75) is 4.90 Å². The van der Waals surface area contributed by atoms with Crippen LogP contribution in [-0.2, 0) is 0 Å². The van der Waals surface area contributed by atoms with Crippen LogP contribution in [0.5, 0.6) is 0 Å². The van der Waals surface area contributed by atoms with Gasteiger partial charge in [0, 0.05) is 27.9 Å². The van der Waals surface area contributed by atoms with Crippen molar-refractivity contribution in [3.63, 3.8) is 0 Å². The second-order valence-corrected chi connectivity index (χ2v) is 8.62. The van der Waals surface area contributed by atoms with Crippen LogP contribution in [0.2, 0.25) is 5.02 Å². The minimum absolute atomic E-state index is 0.209. The van der Waals surface area contributed by atoms with Crippen molar-refractivity contribution >= 4 is 40.9 Å². The molecule has 0 radical (unpaired) electrons. The van der Waals surface area contributed by atoms with E-state index in [0.717, 1.165) is 4.90 Å². The van der Waals surface area contributed by atoms with Gasteiger partial charge in [-0.25, -0.2) is 4.39 Å². The van der Waals surface area contributed by atoms with E-state index < -0.39 is 11.7 Å². The van der Waals surface area contributed by atoms with E-state index in [1.165, 1.54) is 23.9 Å². The number of hydrogen-bond acceptors (Lipinski definition) is 4. The van der Waals surface area contributed by atoms with Crippen molar-refractivity contribution in [3.8, 4) is 22.4 Å². The third-order valence-corrected chi connectivity index (χ3v) is 6.24. The molecule has 5 nitrogen and oxygen atoms in total. The number of thioether (sulfide) groups is 1. The Balaban J connectivity index is 1.71. The number of benzene rings is 3. The highest BCUT2D eigenvalue weighted by Crippen LogP contribution is 2.32. The van der Waals surface area contributed by atoms with E-state index in [9.17, 15) is 14.0 Å². The second-order valence-electron chi connectivity index (χ2n) is 7.33. The summed E-state index contributed by atoms with van der Waals surface area (Å²) in [5, 5.41) is 3.39. The number of rotatable bonds is 6. The van der Waals surface area contributed by atoms with Gasteiger partial charge in [0.25, 0.3) is 11.8 Å². The lowest BCUT2D eigenvalue weighted by Crippen LogP contribution is -2.14. The van der Waals surface area contributed by atoms with Gasteiger partial charge in [-0.3, -0.25) is 14.6 Å². The van der Waals surface area contributed by atoms with Crippen LogP contribution in [0.4, 0.5) is 10.1 Å². The topological polar surface area (TPSA) is 85.1 Å². The molecule has 1 heterocycles. The van der Waals surface area contributed by atoms with Crippen molar-refractivity contribution in [2.75, 3.05) is 11.6 Å². The van der Waals surface area contributed by atoms with E-state index in [4.69, 9.17) is 17.3 Å². The monoisotopic (exact) mass is 491 g/mol. The minimum Gasteiger partial charge on any atom is -0.366 e. The molecule has 3 aromatic carbocycles. The van der Waals surface area contributed by atoms with Crippen LogP contribution in [0.1, 0.15) is 20.7 Å². The zero-order valence-electron chi connectivity index (χ0n) is 18.0. The van der Waals surface area contributed by atoms with Crippen molar-refractivity contribution in [2.24, 2.45) is 5.73 Å². The highest BCUT2D eigenvalue weighted by atomic mass is 35.5. The Bertz CT molecular complexity index is 1400. The molecule has 2 amide bonds. The molecule has 0 saturated carbocycles. The fourth-order valence-corrected chi connectivity index (χ4v) is 4.14. The molecule has 0 aliphatic heterocycles. The highest BCUT2D eigenvalue weighted by molar-refractivity contribution is 7.98.